The molecule has 1 aliphatic rings. The molecular formula is C12H19N3O. The van der Waals surface area contributed by atoms with Gasteiger partial charge in [0.2, 0.25) is 0 Å². The Morgan fingerprint density at radius 2 is 2.38 bits per heavy atom. The van der Waals surface area contributed by atoms with Crippen LogP contribution in [-0.2, 0) is 19.5 Å². The first-order chi connectivity index (χ1) is 7.68. The Bertz CT molecular complexity index is 423. The van der Waals surface area contributed by atoms with Gasteiger partial charge in [-0.15, -0.1) is 0 Å². The first-order valence-electron chi connectivity index (χ1n) is 5.96. The molecule has 2 rings (SSSR count). The van der Waals surface area contributed by atoms with Crippen LogP contribution in [0.2, 0.25) is 0 Å². The zero-order valence-electron chi connectivity index (χ0n) is 9.99. The zero-order valence-corrected chi connectivity index (χ0v) is 9.99. The van der Waals surface area contributed by atoms with Crippen molar-refractivity contribution in [2.24, 2.45) is 5.92 Å². The van der Waals surface area contributed by atoms with Crippen molar-refractivity contribution in [3.8, 4) is 0 Å². The van der Waals surface area contributed by atoms with Crippen LogP contribution in [0.25, 0.3) is 0 Å². The lowest BCUT2D eigenvalue weighted by Gasteiger charge is -2.17. The van der Waals surface area contributed by atoms with Crippen molar-refractivity contribution >= 4 is 0 Å². The molecule has 0 saturated carbocycles. The van der Waals surface area contributed by atoms with E-state index in [2.05, 4.69) is 24.1 Å². The number of aryl methyl sites for hydroxylation is 1. The van der Waals surface area contributed by atoms with E-state index in [1.807, 2.05) is 0 Å². The highest BCUT2D eigenvalue weighted by molar-refractivity contribution is 5.19. The second kappa shape index (κ2) is 4.78. The molecule has 0 amide bonds. The molecule has 1 aliphatic heterocycles. The molecule has 1 aromatic rings. The van der Waals surface area contributed by atoms with E-state index in [1.165, 1.54) is 0 Å². The zero-order chi connectivity index (χ0) is 11.5. The minimum absolute atomic E-state index is 0.159. The van der Waals surface area contributed by atoms with Gasteiger partial charge in [0.05, 0.1) is 12.0 Å². The van der Waals surface area contributed by atoms with Crippen molar-refractivity contribution < 1.29 is 0 Å². The maximum absolute atomic E-state index is 12.1. The molecule has 16 heavy (non-hydrogen) atoms. The van der Waals surface area contributed by atoms with Crippen LogP contribution in [0, 0.1) is 5.92 Å². The molecule has 0 saturated heterocycles. The Morgan fingerprint density at radius 1 is 1.56 bits per heavy atom. The van der Waals surface area contributed by atoms with Gasteiger partial charge in [0.15, 0.2) is 0 Å². The first-order valence-corrected chi connectivity index (χ1v) is 5.96. The number of aromatic nitrogens is 2. The fourth-order valence-electron chi connectivity index (χ4n) is 1.95. The van der Waals surface area contributed by atoms with E-state index in [0.29, 0.717) is 5.92 Å². The van der Waals surface area contributed by atoms with Gasteiger partial charge < -0.3 is 5.32 Å². The molecule has 0 aromatic carbocycles. The molecule has 4 nitrogen and oxygen atoms in total. The standard InChI is InChI=1S/C12H19N3O/c1-9(2)4-6-15-8-14-11-7-13-5-3-10(11)12(15)16/h8-9,13H,3-7H2,1-2H3. The minimum Gasteiger partial charge on any atom is -0.311 e. The van der Waals surface area contributed by atoms with Crippen molar-refractivity contribution in [2.45, 2.75) is 39.8 Å². The summed E-state index contributed by atoms with van der Waals surface area (Å²) in [6, 6.07) is 0. The fraction of sp³-hybridized carbons (Fsp3) is 0.667. The van der Waals surface area contributed by atoms with Gasteiger partial charge >= 0.3 is 0 Å². The minimum atomic E-state index is 0.159. The van der Waals surface area contributed by atoms with E-state index in [1.54, 1.807) is 10.9 Å². The second-order valence-corrected chi connectivity index (χ2v) is 4.78. The van der Waals surface area contributed by atoms with Crippen LogP contribution >= 0.6 is 0 Å². The molecule has 0 fully saturated rings. The second-order valence-electron chi connectivity index (χ2n) is 4.78. The monoisotopic (exact) mass is 221 g/mol. The molecule has 0 spiro atoms. The van der Waals surface area contributed by atoms with Crippen molar-refractivity contribution in [3.05, 3.63) is 27.9 Å². The lowest BCUT2D eigenvalue weighted by Crippen LogP contribution is -2.34. The average Bonchev–Trinajstić information content (AvgIpc) is 2.28. The summed E-state index contributed by atoms with van der Waals surface area (Å²) in [5.74, 6) is 0.615. The Balaban J connectivity index is 2.24. The summed E-state index contributed by atoms with van der Waals surface area (Å²) in [6.07, 6.45) is 3.53. The number of fused-ring (bicyclic) bond motifs is 1. The summed E-state index contributed by atoms with van der Waals surface area (Å²) in [4.78, 5) is 16.5. The van der Waals surface area contributed by atoms with Gasteiger partial charge in [-0.2, -0.15) is 0 Å². The normalized spacial score (nSPS) is 15.2. The SMILES string of the molecule is CC(C)CCn1cnc2c(c1=O)CCNC2. The summed E-state index contributed by atoms with van der Waals surface area (Å²) in [7, 11) is 0. The summed E-state index contributed by atoms with van der Waals surface area (Å²) < 4.78 is 1.75. The number of nitrogens with one attached hydrogen (secondary N) is 1. The quantitative estimate of drug-likeness (QED) is 0.826. The van der Waals surface area contributed by atoms with Gasteiger partial charge in [0.1, 0.15) is 0 Å². The highest BCUT2D eigenvalue weighted by atomic mass is 16.1. The summed E-state index contributed by atoms with van der Waals surface area (Å²) in [5.41, 5.74) is 1.99. The van der Waals surface area contributed by atoms with E-state index in [4.69, 9.17) is 0 Å². The maximum Gasteiger partial charge on any atom is 0.256 e. The Kier molecular flexibility index (Phi) is 3.39. The Morgan fingerprint density at radius 3 is 3.12 bits per heavy atom. The van der Waals surface area contributed by atoms with Gasteiger partial charge in [-0.05, 0) is 25.3 Å². The van der Waals surface area contributed by atoms with Crippen LogP contribution in [0.1, 0.15) is 31.5 Å². The highest BCUT2D eigenvalue weighted by Gasteiger charge is 2.14. The van der Waals surface area contributed by atoms with Crippen LogP contribution < -0.4 is 10.9 Å². The summed E-state index contributed by atoms with van der Waals surface area (Å²) >= 11 is 0. The van der Waals surface area contributed by atoms with Crippen molar-refractivity contribution in [2.75, 3.05) is 6.54 Å². The molecule has 0 bridgehead atoms. The lowest BCUT2D eigenvalue weighted by molar-refractivity contribution is 0.494. The van der Waals surface area contributed by atoms with Crippen LogP contribution in [0.4, 0.5) is 0 Å². The molecular weight excluding hydrogens is 202 g/mol. The molecule has 0 aliphatic carbocycles. The van der Waals surface area contributed by atoms with Gasteiger partial charge in [0, 0.05) is 18.7 Å². The molecule has 88 valence electrons. The van der Waals surface area contributed by atoms with Crippen LogP contribution in [0.15, 0.2) is 11.1 Å². The topological polar surface area (TPSA) is 46.9 Å². The summed E-state index contributed by atoms with van der Waals surface area (Å²) in [5, 5.41) is 3.23. The Hall–Kier alpha value is -1.16. The lowest BCUT2D eigenvalue weighted by atomic mass is 10.1. The van der Waals surface area contributed by atoms with Crippen molar-refractivity contribution in [1.29, 1.82) is 0 Å². The molecule has 1 aromatic heterocycles. The number of nitrogens with zero attached hydrogens (tertiary/aromatic N) is 2. The molecule has 4 heteroatoms. The van der Waals surface area contributed by atoms with E-state index < -0.39 is 0 Å². The molecule has 2 heterocycles. The summed E-state index contributed by atoms with van der Waals surface area (Å²) in [6.45, 7) is 6.74. The van der Waals surface area contributed by atoms with Gasteiger partial charge in [-0.25, -0.2) is 4.98 Å². The maximum atomic E-state index is 12.1. The van der Waals surface area contributed by atoms with Crippen molar-refractivity contribution in [1.82, 2.24) is 14.9 Å². The highest BCUT2D eigenvalue weighted by Crippen LogP contribution is 2.06. The van der Waals surface area contributed by atoms with E-state index in [9.17, 15) is 4.79 Å². The predicted molar refractivity (Wildman–Crippen MR) is 63.4 cm³/mol. The third-order valence-electron chi connectivity index (χ3n) is 3.01. The molecule has 1 N–H and O–H groups in total. The van der Waals surface area contributed by atoms with Gasteiger partial charge in [-0.1, -0.05) is 13.8 Å². The number of hydrogen-bond donors (Lipinski definition) is 1. The van der Waals surface area contributed by atoms with Crippen LogP contribution in [-0.4, -0.2) is 16.1 Å². The molecule has 0 atom stereocenters. The molecule has 0 unspecified atom stereocenters. The number of hydrogen-bond acceptors (Lipinski definition) is 3. The fourth-order valence-corrected chi connectivity index (χ4v) is 1.95. The third-order valence-corrected chi connectivity index (χ3v) is 3.01. The average molecular weight is 221 g/mol. The first kappa shape index (κ1) is 11.3. The van der Waals surface area contributed by atoms with Gasteiger partial charge in [0.25, 0.3) is 5.56 Å². The Labute approximate surface area is 95.7 Å². The van der Waals surface area contributed by atoms with E-state index >= 15 is 0 Å². The largest absolute Gasteiger partial charge is 0.311 e. The van der Waals surface area contributed by atoms with Gasteiger partial charge in [-0.3, -0.25) is 9.36 Å². The van der Waals surface area contributed by atoms with E-state index in [0.717, 1.165) is 43.7 Å². The van der Waals surface area contributed by atoms with Crippen LogP contribution in [0.3, 0.4) is 0 Å². The molecule has 0 radical (unpaired) electrons. The van der Waals surface area contributed by atoms with E-state index in [-0.39, 0.29) is 5.56 Å². The smallest absolute Gasteiger partial charge is 0.256 e. The predicted octanol–water partition coefficient (Wildman–Crippen LogP) is 0.935. The van der Waals surface area contributed by atoms with Crippen LogP contribution in [0.5, 0.6) is 0 Å². The number of rotatable bonds is 3. The third kappa shape index (κ3) is 2.32. The van der Waals surface area contributed by atoms with Crippen molar-refractivity contribution in [3.63, 3.8) is 0 Å².